The van der Waals surface area contributed by atoms with Crippen molar-refractivity contribution < 1.29 is 5.11 Å². The SMILES string of the molecule is Cc1csc(C(C(C)C)C(C)O)n1. The van der Waals surface area contributed by atoms with Gasteiger partial charge < -0.3 is 5.11 Å². The Balaban J connectivity index is 2.88. The largest absolute Gasteiger partial charge is 0.393 e. The van der Waals surface area contributed by atoms with Crippen LogP contribution in [0.5, 0.6) is 0 Å². The standard InChI is InChI=1S/C10H17NOS/c1-6(2)9(8(4)12)10-11-7(3)5-13-10/h5-6,8-9,12H,1-4H3. The Morgan fingerprint density at radius 2 is 2.00 bits per heavy atom. The zero-order valence-electron chi connectivity index (χ0n) is 8.61. The third-order valence-electron chi connectivity index (χ3n) is 2.16. The number of rotatable bonds is 3. The average Bonchev–Trinajstić information content (AvgIpc) is 2.34. The fraction of sp³-hybridized carbons (Fsp3) is 0.700. The van der Waals surface area contributed by atoms with Gasteiger partial charge in [0.05, 0.1) is 11.1 Å². The smallest absolute Gasteiger partial charge is 0.0987 e. The second-order valence-electron chi connectivity index (χ2n) is 3.84. The van der Waals surface area contributed by atoms with Crippen LogP contribution in [0.3, 0.4) is 0 Å². The van der Waals surface area contributed by atoms with Crippen molar-refractivity contribution in [1.29, 1.82) is 0 Å². The van der Waals surface area contributed by atoms with Crippen LogP contribution >= 0.6 is 11.3 Å². The maximum Gasteiger partial charge on any atom is 0.0987 e. The first-order chi connectivity index (χ1) is 6.02. The number of thiazole rings is 1. The Morgan fingerprint density at radius 3 is 2.31 bits per heavy atom. The Labute approximate surface area is 83.6 Å². The van der Waals surface area contributed by atoms with E-state index < -0.39 is 0 Å². The second-order valence-corrected chi connectivity index (χ2v) is 4.73. The van der Waals surface area contributed by atoms with Crippen molar-refractivity contribution in [3.8, 4) is 0 Å². The number of aliphatic hydroxyl groups is 1. The first-order valence-electron chi connectivity index (χ1n) is 4.62. The monoisotopic (exact) mass is 199 g/mol. The highest BCUT2D eigenvalue weighted by molar-refractivity contribution is 7.09. The number of hydrogen-bond donors (Lipinski definition) is 1. The van der Waals surface area contributed by atoms with E-state index in [-0.39, 0.29) is 12.0 Å². The van der Waals surface area contributed by atoms with Crippen LogP contribution in [0.15, 0.2) is 5.38 Å². The van der Waals surface area contributed by atoms with Gasteiger partial charge >= 0.3 is 0 Å². The molecule has 0 saturated carbocycles. The summed E-state index contributed by atoms with van der Waals surface area (Å²) in [6.45, 7) is 8.06. The lowest BCUT2D eigenvalue weighted by molar-refractivity contribution is 0.140. The Hall–Kier alpha value is -0.410. The quantitative estimate of drug-likeness (QED) is 0.811. The van der Waals surface area contributed by atoms with Crippen molar-refractivity contribution in [2.45, 2.75) is 39.7 Å². The number of aryl methyl sites for hydroxylation is 1. The van der Waals surface area contributed by atoms with E-state index in [1.54, 1.807) is 11.3 Å². The first kappa shape index (κ1) is 10.7. The van der Waals surface area contributed by atoms with E-state index in [0.29, 0.717) is 5.92 Å². The van der Waals surface area contributed by atoms with Crippen molar-refractivity contribution in [2.75, 3.05) is 0 Å². The molecule has 1 rings (SSSR count). The van der Waals surface area contributed by atoms with Gasteiger partial charge in [-0.05, 0) is 19.8 Å². The van der Waals surface area contributed by atoms with E-state index in [4.69, 9.17) is 0 Å². The van der Waals surface area contributed by atoms with Crippen LogP contribution in [-0.2, 0) is 0 Å². The lowest BCUT2D eigenvalue weighted by atomic mass is 9.92. The molecule has 0 aliphatic rings. The van der Waals surface area contributed by atoms with Crippen molar-refractivity contribution in [3.63, 3.8) is 0 Å². The molecule has 1 aromatic heterocycles. The van der Waals surface area contributed by atoms with E-state index in [2.05, 4.69) is 18.8 Å². The molecule has 1 heterocycles. The van der Waals surface area contributed by atoms with Gasteiger partial charge in [0.2, 0.25) is 0 Å². The molecule has 0 aliphatic heterocycles. The minimum atomic E-state index is -0.314. The molecule has 74 valence electrons. The van der Waals surface area contributed by atoms with Crippen molar-refractivity contribution in [1.82, 2.24) is 4.98 Å². The highest BCUT2D eigenvalue weighted by Crippen LogP contribution is 2.30. The van der Waals surface area contributed by atoms with Crippen LogP contribution in [0.25, 0.3) is 0 Å². The zero-order chi connectivity index (χ0) is 10.0. The molecule has 1 aromatic rings. The van der Waals surface area contributed by atoms with Gasteiger partial charge in [-0.25, -0.2) is 4.98 Å². The van der Waals surface area contributed by atoms with E-state index >= 15 is 0 Å². The maximum absolute atomic E-state index is 9.61. The van der Waals surface area contributed by atoms with Gasteiger partial charge in [-0.3, -0.25) is 0 Å². The molecular weight excluding hydrogens is 182 g/mol. The summed E-state index contributed by atoms with van der Waals surface area (Å²) >= 11 is 1.64. The predicted molar refractivity (Wildman–Crippen MR) is 56.1 cm³/mol. The van der Waals surface area contributed by atoms with E-state index in [9.17, 15) is 5.11 Å². The van der Waals surface area contributed by atoms with Gasteiger partial charge in [0.1, 0.15) is 0 Å². The first-order valence-corrected chi connectivity index (χ1v) is 5.50. The summed E-state index contributed by atoms with van der Waals surface area (Å²) in [6, 6.07) is 0. The van der Waals surface area contributed by atoms with Gasteiger partial charge in [0, 0.05) is 17.0 Å². The topological polar surface area (TPSA) is 33.1 Å². The Bertz CT molecular complexity index is 260. The van der Waals surface area contributed by atoms with E-state index in [0.717, 1.165) is 10.7 Å². The molecule has 0 saturated heterocycles. The summed E-state index contributed by atoms with van der Waals surface area (Å²) in [7, 11) is 0. The third-order valence-corrected chi connectivity index (χ3v) is 3.22. The molecule has 0 aromatic carbocycles. The molecule has 0 spiro atoms. The van der Waals surface area contributed by atoms with Gasteiger partial charge in [-0.2, -0.15) is 0 Å². The number of hydrogen-bond acceptors (Lipinski definition) is 3. The maximum atomic E-state index is 9.61. The van der Waals surface area contributed by atoms with Gasteiger partial charge in [0.25, 0.3) is 0 Å². The summed E-state index contributed by atoms with van der Waals surface area (Å²) in [5.74, 6) is 0.615. The molecule has 0 radical (unpaired) electrons. The Kier molecular flexibility index (Phi) is 3.45. The molecule has 3 heteroatoms. The van der Waals surface area contributed by atoms with Crippen LogP contribution in [0.4, 0.5) is 0 Å². The van der Waals surface area contributed by atoms with E-state index in [1.807, 2.05) is 19.2 Å². The summed E-state index contributed by atoms with van der Waals surface area (Å²) in [4.78, 5) is 4.41. The second kappa shape index (κ2) is 4.20. The highest BCUT2D eigenvalue weighted by atomic mass is 32.1. The minimum Gasteiger partial charge on any atom is -0.393 e. The number of nitrogens with zero attached hydrogens (tertiary/aromatic N) is 1. The molecule has 0 fully saturated rings. The third kappa shape index (κ3) is 2.51. The molecule has 0 bridgehead atoms. The molecule has 0 aliphatic carbocycles. The Morgan fingerprint density at radius 1 is 1.38 bits per heavy atom. The van der Waals surface area contributed by atoms with Crippen LogP contribution < -0.4 is 0 Å². The number of aliphatic hydroxyl groups excluding tert-OH is 1. The zero-order valence-corrected chi connectivity index (χ0v) is 9.43. The van der Waals surface area contributed by atoms with Crippen molar-refractivity contribution in [2.24, 2.45) is 5.92 Å². The van der Waals surface area contributed by atoms with Crippen molar-refractivity contribution >= 4 is 11.3 Å². The van der Waals surface area contributed by atoms with Crippen molar-refractivity contribution in [3.05, 3.63) is 16.1 Å². The van der Waals surface area contributed by atoms with Gasteiger partial charge in [-0.1, -0.05) is 13.8 Å². The van der Waals surface area contributed by atoms with Crippen LogP contribution in [0, 0.1) is 12.8 Å². The number of aromatic nitrogens is 1. The summed E-state index contributed by atoms with van der Waals surface area (Å²) in [6.07, 6.45) is -0.314. The lowest BCUT2D eigenvalue weighted by Crippen LogP contribution is -2.19. The minimum absolute atomic E-state index is 0.179. The highest BCUT2D eigenvalue weighted by Gasteiger charge is 2.23. The lowest BCUT2D eigenvalue weighted by Gasteiger charge is -2.21. The van der Waals surface area contributed by atoms with Gasteiger partial charge in [-0.15, -0.1) is 11.3 Å². The summed E-state index contributed by atoms with van der Waals surface area (Å²) in [5.41, 5.74) is 1.05. The fourth-order valence-corrected chi connectivity index (χ4v) is 2.74. The molecule has 1 N–H and O–H groups in total. The molecule has 0 amide bonds. The van der Waals surface area contributed by atoms with Crippen LogP contribution in [-0.4, -0.2) is 16.2 Å². The average molecular weight is 199 g/mol. The molecule has 2 nitrogen and oxygen atoms in total. The van der Waals surface area contributed by atoms with Gasteiger partial charge in [0.15, 0.2) is 0 Å². The molecule has 2 unspecified atom stereocenters. The predicted octanol–water partition coefficient (Wildman–Crippen LogP) is 2.57. The normalized spacial score (nSPS) is 16.2. The summed E-state index contributed by atoms with van der Waals surface area (Å²) < 4.78 is 0. The molecule has 2 atom stereocenters. The van der Waals surface area contributed by atoms with Crippen LogP contribution in [0.2, 0.25) is 0 Å². The van der Waals surface area contributed by atoms with Crippen LogP contribution in [0.1, 0.15) is 37.4 Å². The fourth-order valence-electron chi connectivity index (χ4n) is 1.57. The molecular formula is C10H17NOS. The summed E-state index contributed by atoms with van der Waals surface area (Å²) in [5, 5.41) is 12.7. The van der Waals surface area contributed by atoms with E-state index in [1.165, 1.54) is 0 Å². The molecule has 13 heavy (non-hydrogen) atoms.